The molecule has 0 amide bonds. The number of benzene rings is 1. The van der Waals surface area contributed by atoms with Crippen molar-refractivity contribution in [1.82, 2.24) is 29.5 Å². The van der Waals surface area contributed by atoms with E-state index in [1.165, 1.54) is 27.2 Å². The van der Waals surface area contributed by atoms with Crippen molar-refractivity contribution >= 4 is 33.8 Å². The molecule has 5 heterocycles. The van der Waals surface area contributed by atoms with E-state index in [2.05, 4.69) is 64.1 Å². The molecule has 3 aromatic heterocycles. The average molecular weight is 532 g/mol. The van der Waals surface area contributed by atoms with E-state index < -0.39 is 0 Å². The highest BCUT2D eigenvalue weighted by atomic mass is 32.1. The van der Waals surface area contributed by atoms with E-state index in [1.807, 2.05) is 42.9 Å². The number of nitrogens with two attached hydrogens (primary N) is 1. The van der Waals surface area contributed by atoms with Gasteiger partial charge >= 0.3 is 0 Å². The number of ether oxygens (including phenoxy) is 1. The first kappa shape index (κ1) is 26.3. The van der Waals surface area contributed by atoms with Crippen molar-refractivity contribution in [2.75, 3.05) is 45.6 Å². The lowest BCUT2D eigenvalue weighted by atomic mass is 9.92. The summed E-state index contributed by atoms with van der Waals surface area (Å²) in [6, 6.07) is 12.8. The van der Waals surface area contributed by atoms with Gasteiger partial charge in [-0.1, -0.05) is 32.0 Å². The number of anilines is 1. The minimum absolute atomic E-state index is 0.0676. The first-order valence-electron chi connectivity index (χ1n) is 13.4. The summed E-state index contributed by atoms with van der Waals surface area (Å²) >= 11 is 1.88. The Morgan fingerprint density at radius 1 is 1.05 bits per heavy atom. The molecule has 1 aromatic carbocycles. The number of hydrogen-bond acceptors (Lipinski definition) is 8. The van der Waals surface area contributed by atoms with Gasteiger partial charge in [-0.2, -0.15) is 5.10 Å². The van der Waals surface area contributed by atoms with Gasteiger partial charge in [-0.25, -0.2) is 14.6 Å². The van der Waals surface area contributed by atoms with Gasteiger partial charge < -0.3 is 15.4 Å². The quantitative estimate of drug-likeness (QED) is 0.388. The third-order valence-electron chi connectivity index (χ3n) is 7.31. The lowest BCUT2D eigenvalue weighted by Gasteiger charge is -2.32. The van der Waals surface area contributed by atoms with E-state index in [0.717, 1.165) is 60.8 Å². The standard InChI is InChI=1S/C27H31N7OS.C2H6/c1-17-24-26(28)29-16-30-27(24)34(31-17)18(2)21-15-35-22-7-5-4-6-20(22)25(21)23-9-8-19(36-23)14-33-12-10-32(3)11-13-33;1-2/h4-9,16,18H,10-15H2,1-3H3,(H2,28,29,30);1-2H3. The van der Waals surface area contributed by atoms with Crippen LogP contribution in [0.25, 0.3) is 16.6 Å². The Hall–Kier alpha value is -3.27. The van der Waals surface area contributed by atoms with Gasteiger partial charge in [0.25, 0.3) is 0 Å². The fraction of sp³-hybridized carbons (Fsp3) is 0.414. The van der Waals surface area contributed by atoms with Gasteiger partial charge in [0.2, 0.25) is 0 Å². The number of piperazine rings is 1. The van der Waals surface area contributed by atoms with Crippen molar-refractivity contribution < 1.29 is 4.74 Å². The first-order chi connectivity index (χ1) is 18.5. The molecule has 0 saturated carbocycles. The number of likely N-dealkylation sites (N-methyl/N-ethyl adjacent to an activating group) is 1. The molecule has 1 unspecified atom stereocenters. The van der Waals surface area contributed by atoms with Gasteiger partial charge in [0.05, 0.1) is 17.1 Å². The molecule has 200 valence electrons. The normalized spacial score (nSPS) is 17.1. The van der Waals surface area contributed by atoms with Gasteiger partial charge in [0.1, 0.15) is 24.5 Å². The Bertz CT molecular complexity index is 1450. The predicted molar refractivity (Wildman–Crippen MR) is 156 cm³/mol. The van der Waals surface area contributed by atoms with Crippen molar-refractivity contribution in [3.05, 3.63) is 69.3 Å². The van der Waals surface area contributed by atoms with Crippen molar-refractivity contribution in [2.24, 2.45) is 0 Å². The Labute approximate surface area is 228 Å². The number of aryl methyl sites for hydroxylation is 1. The maximum absolute atomic E-state index is 6.25. The number of thiophene rings is 1. The zero-order chi connectivity index (χ0) is 26.8. The summed E-state index contributed by atoms with van der Waals surface area (Å²) in [7, 11) is 2.20. The molecule has 6 rings (SSSR count). The summed E-state index contributed by atoms with van der Waals surface area (Å²) in [5, 5.41) is 5.65. The summed E-state index contributed by atoms with van der Waals surface area (Å²) in [5.74, 6) is 1.38. The van der Waals surface area contributed by atoms with E-state index >= 15 is 0 Å². The van der Waals surface area contributed by atoms with Crippen LogP contribution in [-0.2, 0) is 6.54 Å². The highest BCUT2D eigenvalue weighted by Crippen LogP contribution is 2.43. The van der Waals surface area contributed by atoms with Crippen molar-refractivity contribution in [3.63, 3.8) is 0 Å². The van der Waals surface area contributed by atoms with Crippen LogP contribution in [-0.4, -0.2) is 69.4 Å². The summed E-state index contributed by atoms with van der Waals surface area (Å²) < 4.78 is 8.21. The molecule has 9 heteroatoms. The van der Waals surface area contributed by atoms with Gasteiger partial charge in [-0.05, 0) is 39.1 Å². The number of para-hydroxylation sites is 1. The average Bonchev–Trinajstić information content (AvgIpc) is 3.55. The third kappa shape index (κ3) is 4.93. The Kier molecular flexibility index (Phi) is 7.78. The minimum Gasteiger partial charge on any atom is -0.488 e. The molecule has 2 N–H and O–H groups in total. The monoisotopic (exact) mass is 531 g/mol. The van der Waals surface area contributed by atoms with Crippen molar-refractivity contribution in [3.8, 4) is 5.75 Å². The fourth-order valence-electron chi connectivity index (χ4n) is 5.23. The highest BCUT2D eigenvalue weighted by Gasteiger charge is 2.29. The number of rotatable bonds is 5. The molecule has 2 aliphatic rings. The maximum atomic E-state index is 6.25. The largest absolute Gasteiger partial charge is 0.488 e. The van der Waals surface area contributed by atoms with E-state index in [1.54, 1.807) is 0 Å². The van der Waals surface area contributed by atoms with Gasteiger partial charge in [0, 0.05) is 59.2 Å². The predicted octanol–water partition coefficient (Wildman–Crippen LogP) is 5.01. The minimum atomic E-state index is -0.0676. The van der Waals surface area contributed by atoms with Crippen LogP contribution < -0.4 is 10.5 Å². The smallest absolute Gasteiger partial charge is 0.164 e. The molecular formula is C29H37N7OS. The number of hydrogen-bond donors (Lipinski definition) is 1. The van der Waals surface area contributed by atoms with Gasteiger partial charge in [0.15, 0.2) is 5.65 Å². The van der Waals surface area contributed by atoms with Crippen LogP contribution >= 0.6 is 11.3 Å². The Morgan fingerprint density at radius 2 is 1.82 bits per heavy atom. The third-order valence-corrected chi connectivity index (χ3v) is 8.40. The van der Waals surface area contributed by atoms with Gasteiger partial charge in [-0.3, -0.25) is 4.90 Å². The van der Waals surface area contributed by atoms with Crippen LogP contribution in [0.3, 0.4) is 0 Å². The van der Waals surface area contributed by atoms with Crippen molar-refractivity contribution in [2.45, 2.75) is 40.3 Å². The summed E-state index contributed by atoms with van der Waals surface area (Å²) in [6.07, 6.45) is 1.51. The zero-order valence-electron chi connectivity index (χ0n) is 22.9. The lowest BCUT2D eigenvalue weighted by Crippen LogP contribution is -2.43. The zero-order valence-corrected chi connectivity index (χ0v) is 23.8. The molecular weight excluding hydrogens is 494 g/mol. The summed E-state index contributed by atoms with van der Waals surface area (Å²) in [4.78, 5) is 16.3. The molecule has 0 radical (unpaired) electrons. The molecule has 4 aromatic rings. The van der Waals surface area contributed by atoms with Crippen LogP contribution in [0.5, 0.6) is 5.75 Å². The SMILES string of the molecule is CC.Cc1nn(C(C)C2=C(c3ccc(CN4CCN(C)CC4)s3)c3ccccc3OC2)c2ncnc(N)c12. The second-order valence-electron chi connectivity index (χ2n) is 9.69. The van der Waals surface area contributed by atoms with Crippen LogP contribution in [0.15, 0.2) is 48.3 Å². The Balaban J connectivity index is 0.00000144. The maximum Gasteiger partial charge on any atom is 0.164 e. The second-order valence-corrected chi connectivity index (χ2v) is 10.9. The molecule has 1 saturated heterocycles. The molecule has 8 nitrogen and oxygen atoms in total. The second kappa shape index (κ2) is 11.2. The van der Waals surface area contributed by atoms with E-state index in [4.69, 9.17) is 15.6 Å². The summed E-state index contributed by atoms with van der Waals surface area (Å²) in [6.45, 7) is 14.1. The summed E-state index contributed by atoms with van der Waals surface area (Å²) in [5.41, 5.74) is 11.3. The number of nitrogens with zero attached hydrogens (tertiary/aromatic N) is 6. The molecule has 0 aliphatic carbocycles. The van der Waals surface area contributed by atoms with Crippen LogP contribution in [0.1, 0.15) is 47.8 Å². The number of nitrogen functional groups attached to an aromatic ring is 1. The fourth-order valence-corrected chi connectivity index (χ4v) is 6.38. The van der Waals surface area contributed by atoms with Gasteiger partial charge in [-0.15, -0.1) is 11.3 Å². The van der Waals surface area contributed by atoms with Crippen LogP contribution in [0.2, 0.25) is 0 Å². The number of fused-ring (bicyclic) bond motifs is 2. The number of aromatic nitrogens is 4. The molecule has 0 bridgehead atoms. The molecule has 2 aliphatic heterocycles. The van der Waals surface area contributed by atoms with Crippen LogP contribution in [0, 0.1) is 6.92 Å². The highest BCUT2D eigenvalue weighted by molar-refractivity contribution is 7.13. The molecule has 1 fully saturated rings. The Morgan fingerprint density at radius 3 is 2.61 bits per heavy atom. The van der Waals surface area contributed by atoms with Crippen LogP contribution in [0.4, 0.5) is 5.82 Å². The first-order valence-corrected chi connectivity index (χ1v) is 14.2. The van der Waals surface area contributed by atoms with E-state index in [9.17, 15) is 0 Å². The lowest BCUT2D eigenvalue weighted by molar-refractivity contribution is 0.149. The van der Waals surface area contributed by atoms with E-state index in [0.29, 0.717) is 12.4 Å². The molecule has 1 atom stereocenters. The van der Waals surface area contributed by atoms with Crippen molar-refractivity contribution in [1.29, 1.82) is 0 Å². The molecule has 0 spiro atoms. The van der Waals surface area contributed by atoms with E-state index in [-0.39, 0.29) is 6.04 Å². The molecule has 38 heavy (non-hydrogen) atoms. The topological polar surface area (TPSA) is 85.3 Å².